The molecule has 2 heterocycles. The number of para-hydroxylation sites is 1. The molecule has 2 aromatic rings. The third-order valence-corrected chi connectivity index (χ3v) is 4.06. The molecule has 2 atom stereocenters. The smallest absolute Gasteiger partial charge is 0.326 e. The second-order valence-electron chi connectivity index (χ2n) is 5.44. The zero-order valence-corrected chi connectivity index (χ0v) is 11.8. The Morgan fingerprint density at radius 2 is 2.14 bits per heavy atom. The van der Waals surface area contributed by atoms with E-state index in [4.69, 9.17) is 4.42 Å². The highest BCUT2D eigenvalue weighted by molar-refractivity contribution is 5.89. The van der Waals surface area contributed by atoms with Crippen molar-refractivity contribution >= 4 is 22.8 Å². The van der Waals surface area contributed by atoms with Gasteiger partial charge in [-0.15, -0.1) is 0 Å². The number of carboxylic acids is 1. The number of rotatable bonds is 3. The number of likely N-dealkylation sites (tertiary alicyclic amines) is 1. The molecule has 1 N–H and O–H groups in total. The maximum absolute atomic E-state index is 12.5. The highest BCUT2D eigenvalue weighted by Crippen LogP contribution is 2.28. The SMILES string of the molecule is CC(C(=O)N1CCCC1C(=O)O)c1cc2ccccc2o1. The van der Waals surface area contributed by atoms with Crippen LogP contribution in [0.2, 0.25) is 0 Å². The number of hydrogen-bond donors (Lipinski definition) is 1. The maximum atomic E-state index is 12.5. The van der Waals surface area contributed by atoms with E-state index < -0.39 is 17.9 Å². The fourth-order valence-corrected chi connectivity index (χ4v) is 2.87. The van der Waals surface area contributed by atoms with E-state index >= 15 is 0 Å². The van der Waals surface area contributed by atoms with E-state index in [1.807, 2.05) is 30.3 Å². The Morgan fingerprint density at radius 3 is 2.86 bits per heavy atom. The van der Waals surface area contributed by atoms with Gasteiger partial charge in [0.25, 0.3) is 0 Å². The van der Waals surface area contributed by atoms with E-state index in [2.05, 4.69) is 0 Å². The van der Waals surface area contributed by atoms with Crippen LogP contribution in [0, 0.1) is 0 Å². The number of carboxylic acid groups (broad SMARTS) is 1. The van der Waals surface area contributed by atoms with Crippen molar-refractivity contribution in [1.82, 2.24) is 4.90 Å². The first-order chi connectivity index (χ1) is 10.1. The van der Waals surface area contributed by atoms with Crippen molar-refractivity contribution in [3.63, 3.8) is 0 Å². The predicted molar refractivity (Wildman–Crippen MR) is 77.0 cm³/mol. The van der Waals surface area contributed by atoms with E-state index in [1.165, 1.54) is 4.90 Å². The number of benzene rings is 1. The molecule has 1 aromatic carbocycles. The Bertz CT molecular complexity index is 657. The molecule has 1 aliphatic rings. The van der Waals surface area contributed by atoms with Gasteiger partial charge in [0.15, 0.2) is 0 Å². The van der Waals surface area contributed by atoms with Crippen molar-refractivity contribution in [1.29, 1.82) is 0 Å². The van der Waals surface area contributed by atoms with Crippen molar-refractivity contribution in [3.05, 3.63) is 36.1 Å². The van der Waals surface area contributed by atoms with Crippen LogP contribution in [0.3, 0.4) is 0 Å². The van der Waals surface area contributed by atoms with Gasteiger partial charge in [0.1, 0.15) is 17.4 Å². The Kier molecular flexibility index (Phi) is 3.41. The molecule has 0 spiro atoms. The van der Waals surface area contributed by atoms with Crippen LogP contribution in [0.5, 0.6) is 0 Å². The Labute approximate surface area is 122 Å². The third kappa shape index (κ3) is 2.39. The Balaban J connectivity index is 1.85. The van der Waals surface area contributed by atoms with Crippen LogP contribution in [0.15, 0.2) is 34.7 Å². The highest BCUT2D eigenvalue weighted by Gasteiger charge is 2.36. The summed E-state index contributed by atoms with van der Waals surface area (Å²) in [5.41, 5.74) is 0.739. The van der Waals surface area contributed by atoms with Gasteiger partial charge in [-0.3, -0.25) is 4.79 Å². The van der Waals surface area contributed by atoms with Gasteiger partial charge in [0.05, 0.1) is 5.92 Å². The largest absolute Gasteiger partial charge is 0.480 e. The molecule has 21 heavy (non-hydrogen) atoms. The van der Waals surface area contributed by atoms with E-state index in [9.17, 15) is 14.7 Å². The van der Waals surface area contributed by atoms with Gasteiger partial charge in [-0.2, -0.15) is 0 Å². The number of hydrogen-bond acceptors (Lipinski definition) is 3. The second-order valence-corrected chi connectivity index (χ2v) is 5.44. The van der Waals surface area contributed by atoms with Gasteiger partial charge in [-0.05, 0) is 31.9 Å². The van der Waals surface area contributed by atoms with E-state index in [1.54, 1.807) is 6.92 Å². The molecule has 1 fully saturated rings. The first kappa shape index (κ1) is 13.7. The number of aliphatic carboxylic acids is 1. The summed E-state index contributed by atoms with van der Waals surface area (Å²) in [4.78, 5) is 25.2. The van der Waals surface area contributed by atoms with Crippen molar-refractivity contribution in [3.8, 4) is 0 Å². The van der Waals surface area contributed by atoms with Crippen LogP contribution in [-0.2, 0) is 9.59 Å². The van der Waals surface area contributed by atoms with Crippen molar-refractivity contribution in [2.24, 2.45) is 0 Å². The standard InChI is InChI=1S/C16H17NO4/c1-10(14-9-11-5-2-3-7-13(11)21-14)15(18)17-8-4-6-12(17)16(19)20/h2-3,5,7,9-10,12H,4,6,8H2,1H3,(H,19,20). The summed E-state index contributed by atoms with van der Waals surface area (Å²) in [6.45, 7) is 2.26. The lowest BCUT2D eigenvalue weighted by atomic mass is 10.1. The first-order valence-corrected chi connectivity index (χ1v) is 7.09. The monoisotopic (exact) mass is 287 g/mol. The fourth-order valence-electron chi connectivity index (χ4n) is 2.87. The fraction of sp³-hybridized carbons (Fsp3) is 0.375. The molecule has 0 radical (unpaired) electrons. The van der Waals surface area contributed by atoms with Crippen LogP contribution < -0.4 is 0 Å². The zero-order valence-electron chi connectivity index (χ0n) is 11.8. The summed E-state index contributed by atoms with van der Waals surface area (Å²) in [7, 11) is 0. The minimum absolute atomic E-state index is 0.182. The topological polar surface area (TPSA) is 70.8 Å². The first-order valence-electron chi connectivity index (χ1n) is 7.09. The molecule has 110 valence electrons. The molecule has 1 aromatic heterocycles. The molecule has 0 bridgehead atoms. The number of amides is 1. The summed E-state index contributed by atoms with van der Waals surface area (Å²) in [5, 5.41) is 10.1. The molecule has 1 saturated heterocycles. The van der Waals surface area contributed by atoms with Crippen molar-refractivity contribution in [2.75, 3.05) is 6.54 Å². The summed E-state index contributed by atoms with van der Waals surface area (Å²) >= 11 is 0. The van der Waals surface area contributed by atoms with Crippen molar-refractivity contribution in [2.45, 2.75) is 31.7 Å². The lowest BCUT2D eigenvalue weighted by Crippen LogP contribution is -2.42. The summed E-state index contributed by atoms with van der Waals surface area (Å²) < 4.78 is 5.71. The van der Waals surface area contributed by atoms with Crippen LogP contribution in [0.25, 0.3) is 11.0 Å². The average Bonchev–Trinajstić information content (AvgIpc) is 3.11. The van der Waals surface area contributed by atoms with Crippen LogP contribution in [0.1, 0.15) is 31.4 Å². The van der Waals surface area contributed by atoms with E-state index in [-0.39, 0.29) is 5.91 Å². The van der Waals surface area contributed by atoms with Gasteiger partial charge in [-0.25, -0.2) is 4.79 Å². The van der Waals surface area contributed by atoms with Crippen molar-refractivity contribution < 1.29 is 19.1 Å². The van der Waals surface area contributed by atoms with Gasteiger partial charge in [0.2, 0.25) is 5.91 Å². The lowest BCUT2D eigenvalue weighted by Gasteiger charge is -2.24. The van der Waals surface area contributed by atoms with Crippen LogP contribution in [-0.4, -0.2) is 34.5 Å². The number of fused-ring (bicyclic) bond motifs is 1. The molecular formula is C16H17NO4. The number of carbonyl (C=O) groups is 2. The van der Waals surface area contributed by atoms with Crippen LogP contribution >= 0.6 is 0 Å². The van der Waals surface area contributed by atoms with Gasteiger partial charge >= 0.3 is 5.97 Å². The molecule has 3 rings (SSSR count). The molecule has 5 heteroatoms. The average molecular weight is 287 g/mol. The molecule has 0 saturated carbocycles. The number of furan rings is 1. The zero-order chi connectivity index (χ0) is 15.0. The molecule has 1 amide bonds. The molecule has 1 aliphatic heterocycles. The summed E-state index contributed by atoms with van der Waals surface area (Å²) in [6, 6.07) is 8.72. The number of carbonyl (C=O) groups excluding carboxylic acids is 1. The van der Waals surface area contributed by atoms with E-state index in [0.717, 1.165) is 17.4 Å². The number of nitrogens with zero attached hydrogens (tertiary/aromatic N) is 1. The lowest BCUT2D eigenvalue weighted by molar-refractivity contribution is -0.148. The normalized spacial score (nSPS) is 19.9. The third-order valence-electron chi connectivity index (χ3n) is 4.06. The molecular weight excluding hydrogens is 270 g/mol. The minimum Gasteiger partial charge on any atom is -0.480 e. The molecule has 2 unspecified atom stereocenters. The maximum Gasteiger partial charge on any atom is 0.326 e. The predicted octanol–water partition coefficient (Wildman–Crippen LogP) is 2.61. The molecule has 5 nitrogen and oxygen atoms in total. The van der Waals surface area contributed by atoms with Gasteiger partial charge < -0.3 is 14.4 Å². The summed E-state index contributed by atoms with van der Waals surface area (Å²) in [6.07, 6.45) is 1.25. The van der Waals surface area contributed by atoms with Gasteiger partial charge in [0, 0.05) is 11.9 Å². The minimum atomic E-state index is -0.933. The van der Waals surface area contributed by atoms with Crippen LogP contribution in [0.4, 0.5) is 0 Å². The van der Waals surface area contributed by atoms with E-state index in [0.29, 0.717) is 18.7 Å². The highest BCUT2D eigenvalue weighted by atomic mass is 16.4. The van der Waals surface area contributed by atoms with Gasteiger partial charge in [-0.1, -0.05) is 18.2 Å². The Hall–Kier alpha value is -2.30. The molecule has 0 aliphatic carbocycles. The second kappa shape index (κ2) is 5.24. The Morgan fingerprint density at radius 1 is 1.38 bits per heavy atom. The quantitative estimate of drug-likeness (QED) is 0.942. The summed E-state index contributed by atoms with van der Waals surface area (Å²) in [5.74, 6) is -1.01.